The lowest BCUT2D eigenvalue weighted by atomic mass is 10.2. The molecule has 0 unspecified atom stereocenters. The summed E-state index contributed by atoms with van der Waals surface area (Å²) < 4.78 is 9.75. The molecule has 1 amide bonds. The highest BCUT2D eigenvalue weighted by Gasteiger charge is 2.21. The fourth-order valence-corrected chi connectivity index (χ4v) is 1.52. The molecule has 0 spiro atoms. The third-order valence-electron chi connectivity index (χ3n) is 2.51. The molecule has 94 valence electrons. The van der Waals surface area contributed by atoms with Gasteiger partial charge in [0.05, 0.1) is 18.9 Å². The predicted octanol–water partition coefficient (Wildman–Crippen LogP) is 1.48. The number of aryl methyl sites for hydroxylation is 1. The summed E-state index contributed by atoms with van der Waals surface area (Å²) in [7, 11) is 1.30. The molecule has 0 aliphatic rings. The third-order valence-corrected chi connectivity index (χ3v) is 2.51. The molecule has 1 heterocycles. The van der Waals surface area contributed by atoms with Gasteiger partial charge in [0.2, 0.25) is 0 Å². The van der Waals surface area contributed by atoms with Gasteiger partial charge in [0, 0.05) is 13.0 Å². The number of carbonyl (C=O) groups is 2. The molecule has 1 aromatic heterocycles. The van der Waals surface area contributed by atoms with Gasteiger partial charge in [0.15, 0.2) is 0 Å². The van der Waals surface area contributed by atoms with E-state index in [9.17, 15) is 9.59 Å². The van der Waals surface area contributed by atoms with Crippen molar-refractivity contribution in [3.8, 4) is 0 Å². The smallest absolute Gasteiger partial charge is 0.325 e. The first-order valence-electron chi connectivity index (χ1n) is 5.56. The van der Waals surface area contributed by atoms with E-state index in [0.717, 1.165) is 0 Å². The van der Waals surface area contributed by atoms with Crippen molar-refractivity contribution in [2.45, 2.75) is 20.3 Å². The average Bonchev–Trinajstić information content (AvgIpc) is 2.82. The van der Waals surface area contributed by atoms with Crippen LogP contribution in [0.15, 0.2) is 16.7 Å². The van der Waals surface area contributed by atoms with Gasteiger partial charge in [0.25, 0.3) is 5.91 Å². The van der Waals surface area contributed by atoms with Gasteiger partial charge < -0.3 is 14.1 Å². The zero-order valence-corrected chi connectivity index (χ0v) is 10.4. The van der Waals surface area contributed by atoms with Crippen LogP contribution in [0.5, 0.6) is 0 Å². The summed E-state index contributed by atoms with van der Waals surface area (Å²) >= 11 is 0. The number of furan rings is 1. The fraction of sp³-hybridized carbons (Fsp3) is 0.500. The third kappa shape index (κ3) is 3.09. The van der Waals surface area contributed by atoms with Crippen molar-refractivity contribution in [2.24, 2.45) is 0 Å². The molecule has 0 aromatic carbocycles. The normalized spacial score (nSPS) is 10.1. The van der Waals surface area contributed by atoms with E-state index in [1.165, 1.54) is 18.3 Å². The maximum absolute atomic E-state index is 12.1. The van der Waals surface area contributed by atoms with Crippen molar-refractivity contribution in [2.75, 3.05) is 20.2 Å². The van der Waals surface area contributed by atoms with Crippen molar-refractivity contribution in [3.63, 3.8) is 0 Å². The topological polar surface area (TPSA) is 59.8 Å². The molecule has 0 N–H and O–H groups in total. The van der Waals surface area contributed by atoms with E-state index < -0.39 is 5.97 Å². The van der Waals surface area contributed by atoms with Gasteiger partial charge in [0.1, 0.15) is 12.3 Å². The monoisotopic (exact) mass is 239 g/mol. The lowest BCUT2D eigenvalue weighted by Gasteiger charge is -2.19. The summed E-state index contributed by atoms with van der Waals surface area (Å²) in [5, 5.41) is 0. The molecule has 1 aromatic rings. The van der Waals surface area contributed by atoms with Gasteiger partial charge in [-0.3, -0.25) is 9.59 Å². The van der Waals surface area contributed by atoms with Gasteiger partial charge in [-0.1, -0.05) is 6.92 Å². The van der Waals surface area contributed by atoms with Crippen LogP contribution in [0.1, 0.15) is 30.0 Å². The van der Waals surface area contributed by atoms with E-state index in [1.807, 2.05) is 13.8 Å². The molecule has 0 radical (unpaired) electrons. The van der Waals surface area contributed by atoms with Gasteiger partial charge in [-0.05, 0) is 13.0 Å². The van der Waals surface area contributed by atoms with Gasteiger partial charge in [-0.15, -0.1) is 0 Å². The summed E-state index contributed by atoms with van der Waals surface area (Å²) in [5.41, 5.74) is 0.512. The molecule has 0 bridgehead atoms. The second-order valence-electron chi connectivity index (χ2n) is 3.51. The molecule has 0 saturated carbocycles. The van der Waals surface area contributed by atoms with E-state index >= 15 is 0 Å². The molecular weight excluding hydrogens is 222 g/mol. The highest BCUT2D eigenvalue weighted by molar-refractivity contribution is 5.96. The summed E-state index contributed by atoms with van der Waals surface area (Å²) in [6.45, 7) is 4.13. The van der Waals surface area contributed by atoms with Crippen LogP contribution in [-0.2, 0) is 16.0 Å². The van der Waals surface area contributed by atoms with E-state index in [2.05, 4.69) is 4.74 Å². The quantitative estimate of drug-likeness (QED) is 0.730. The largest absolute Gasteiger partial charge is 0.469 e. The van der Waals surface area contributed by atoms with Crippen LogP contribution in [0.2, 0.25) is 0 Å². The minimum atomic E-state index is -0.429. The molecule has 1 rings (SSSR count). The van der Waals surface area contributed by atoms with Crippen molar-refractivity contribution in [1.29, 1.82) is 0 Å². The maximum Gasteiger partial charge on any atom is 0.325 e. The van der Waals surface area contributed by atoms with Crippen molar-refractivity contribution in [1.82, 2.24) is 4.90 Å². The Morgan fingerprint density at radius 1 is 1.41 bits per heavy atom. The maximum atomic E-state index is 12.1. The Balaban J connectivity index is 2.82. The first kappa shape index (κ1) is 13.3. The number of ether oxygens (including phenoxy) is 1. The predicted molar refractivity (Wildman–Crippen MR) is 61.7 cm³/mol. The minimum Gasteiger partial charge on any atom is -0.469 e. The van der Waals surface area contributed by atoms with Crippen LogP contribution in [0, 0.1) is 0 Å². The molecule has 5 heteroatoms. The Labute approximate surface area is 100 Å². The molecule has 0 saturated heterocycles. The number of nitrogens with zero attached hydrogens (tertiary/aromatic N) is 1. The van der Waals surface area contributed by atoms with Crippen LogP contribution in [0.3, 0.4) is 0 Å². The number of rotatable bonds is 5. The lowest BCUT2D eigenvalue weighted by molar-refractivity contribution is -0.141. The Morgan fingerprint density at radius 3 is 2.65 bits per heavy atom. The fourth-order valence-electron chi connectivity index (χ4n) is 1.52. The molecule has 17 heavy (non-hydrogen) atoms. The van der Waals surface area contributed by atoms with Crippen LogP contribution in [0.4, 0.5) is 0 Å². The summed E-state index contributed by atoms with van der Waals surface area (Å²) in [6, 6.07) is 1.63. The number of likely N-dealkylation sites (N-methyl/N-ethyl adjacent to an activating group) is 1. The number of hydrogen-bond acceptors (Lipinski definition) is 4. The van der Waals surface area contributed by atoms with Gasteiger partial charge in [-0.25, -0.2) is 0 Å². The van der Waals surface area contributed by atoms with E-state index in [1.54, 1.807) is 6.07 Å². The molecule has 0 fully saturated rings. The van der Waals surface area contributed by atoms with Crippen molar-refractivity contribution >= 4 is 11.9 Å². The summed E-state index contributed by atoms with van der Waals surface area (Å²) in [4.78, 5) is 24.7. The number of esters is 1. The highest BCUT2D eigenvalue weighted by Crippen LogP contribution is 2.14. The van der Waals surface area contributed by atoms with Crippen molar-refractivity contribution < 1.29 is 18.7 Å². The minimum absolute atomic E-state index is 0.0415. The van der Waals surface area contributed by atoms with Crippen LogP contribution >= 0.6 is 0 Å². The van der Waals surface area contributed by atoms with E-state index in [-0.39, 0.29) is 12.5 Å². The standard InChI is InChI=1S/C12H17NO4/c1-4-10-9(6-7-17-10)12(15)13(5-2)8-11(14)16-3/h6-7H,4-5,8H2,1-3H3. The molecule has 0 aliphatic heterocycles. The molecule has 0 aliphatic carbocycles. The van der Waals surface area contributed by atoms with Crippen LogP contribution in [-0.4, -0.2) is 37.0 Å². The van der Waals surface area contributed by atoms with E-state index in [4.69, 9.17) is 4.42 Å². The Kier molecular flexibility index (Phi) is 4.75. The molecule has 0 atom stereocenters. The number of methoxy groups -OCH3 is 1. The summed E-state index contributed by atoms with van der Waals surface area (Å²) in [5.74, 6) is 0.00330. The second-order valence-corrected chi connectivity index (χ2v) is 3.51. The van der Waals surface area contributed by atoms with Crippen LogP contribution < -0.4 is 0 Å². The number of hydrogen-bond donors (Lipinski definition) is 0. The highest BCUT2D eigenvalue weighted by atomic mass is 16.5. The summed E-state index contributed by atoms with van der Waals surface area (Å²) in [6.07, 6.45) is 2.13. The first-order valence-corrected chi connectivity index (χ1v) is 5.56. The second kappa shape index (κ2) is 6.08. The Morgan fingerprint density at radius 2 is 2.12 bits per heavy atom. The average molecular weight is 239 g/mol. The van der Waals surface area contributed by atoms with Gasteiger partial charge >= 0.3 is 5.97 Å². The Bertz CT molecular complexity index is 397. The number of carbonyl (C=O) groups excluding carboxylic acids is 2. The van der Waals surface area contributed by atoms with Crippen molar-refractivity contribution in [3.05, 3.63) is 23.7 Å². The lowest BCUT2D eigenvalue weighted by Crippen LogP contribution is -2.36. The molecule has 5 nitrogen and oxygen atoms in total. The first-order chi connectivity index (χ1) is 8.13. The SMILES string of the molecule is CCc1occc1C(=O)N(CC)CC(=O)OC. The Hall–Kier alpha value is -1.78. The van der Waals surface area contributed by atoms with Crippen LogP contribution in [0.25, 0.3) is 0 Å². The zero-order chi connectivity index (χ0) is 12.8. The van der Waals surface area contributed by atoms with Gasteiger partial charge in [-0.2, -0.15) is 0 Å². The molecular formula is C12H17NO4. The zero-order valence-electron chi connectivity index (χ0n) is 10.4. The number of amides is 1. The van der Waals surface area contributed by atoms with E-state index in [0.29, 0.717) is 24.3 Å².